The van der Waals surface area contributed by atoms with Crippen molar-refractivity contribution in [2.45, 2.75) is 25.8 Å². The molecule has 1 aromatic heterocycles. The van der Waals surface area contributed by atoms with Crippen molar-refractivity contribution in [3.05, 3.63) is 42.1 Å². The van der Waals surface area contributed by atoms with Crippen LogP contribution in [0.3, 0.4) is 0 Å². The zero-order valence-electron chi connectivity index (χ0n) is 13.4. The van der Waals surface area contributed by atoms with Crippen molar-refractivity contribution in [1.29, 1.82) is 0 Å². The van der Waals surface area contributed by atoms with Gasteiger partial charge in [-0.1, -0.05) is 35.5 Å². The summed E-state index contributed by atoms with van der Waals surface area (Å²) in [6.45, 7) is 1.98. The Morgan fingerprint density at radius 2 is 2.17 bits per heavy atom. The minimum Gasteiger partial charge on any atom is -0.381 e. The van der Waals surface area contributed by atoms with Crippen LogP contribution in [0.25, 0.3) is 11.3 Å². The molecule has 0 N–H and O–H groups in total. The smallest absolute Gasteiger partial charge is 0.223 e. The average Bonchev–Trinajstić information content (AvgIpc) is 3.05. The van der Waals surface area contributed by atoms with E-state index >= 15 is 0 Å². The van der Waals surface area contributed by atoms with Crippen molar-refractivity contribution in [3.8, 4) is 11.3 Å². The highest BCUT2D eigenvalue weighted by Gasteiger charge is 2.20. The lowest BCUT2D eigenvalue weighted by Crippen LogP contribution is -2.30. The Labute approximate surface area is 136 Å². The summed E-state index contributed by atoms with van der Waals surface area (Å²) in [4.78, 5) is 14.0. The molecule has 23 heavy (non-hydrogen) atoms. The molecule has 1 aromatic carbocycles. The third-order valence-corrected chi connectivity index (χ3v) is 4.16. The number of hydrogen-bond acceptors (Lipinski definition) is 4. The molecule has 1 fully saturated rings. The van der Waals surface area contributed by atoms with Gasteiger partial charge in [0, 0.05) is 38.3 Å². The second-order valence-corrected chi connectivity index (χ2v) is 6.09. The molecule has 122 valence electrons. The number of rotatable bonds is 5. The number of amides is 1. The van der Waals surface area contributed by atoms with Gasteiger partial charge in [0.2, 0.25) is 5.91 Å². The SMILES string of the molecule is CN(Cc1cc(-c2ccccc2)on1)C(=O)C[C@@H]1CCCOC1. The predicted molar refractivity (Wildman–Crippen MR) is 86.6 cm³/mol. The molecule has 0 radical (unpaired) electrons. The van der Waals surface area contributed by atoms with Gasteiger partial charge in [0.25, 0.3) is 0 Å². The molecule has 1 saturated heterocycles. The quantitative estimate of drug-likeness (QED) is 0.851. The van der Waals surface area contributed by atoms with Crippen molar-refractivity contribution in [2.75, 3.05) is 20.3 Å². The van der Waals surface area contributed by atoms with Gasteiger partial charge in [0.1, 0.15) is 5.69 Å². The molecule has 2 aromatic rings. The summed E-state index contributed by atoms with van der Waals surface area (Å²) >= 11 is 0. The predicted octanol–water partition coefficient (Wildman–Crippen LogP) is 3.12. The third-order valence-electron chi connectivity index (χ3n) is 4.16. The Kier molecular flexibility index (Phi) is 5.08. The highest BCUT2D eigenvalue weighted by atomic mass is 16.5. The van der Waals surface area contributed by atoms with E-state index in [9.17, 15) is 4.79 Å². The molecule has 1 atom stereocenters. The fourth-order valence-corrected chi connectivity index (χ4v) is 2.83. The van der Waals surface area contributed by atoms with Gasteiger partial charge in [-0.15, -0.1) is 0 Å². The monoisotopic (exact) mass is 314 g/mol. The zero-order valence-corrected chi connectivity index (χ0v) is 13.4. The number of ether oxygens (including phenoxy) is 1. The Hall–Kier alpha value is -2.14. The van der Waals surface area contributed by atoms with E-state index in [4.69, 9.17) is 9.26 Å². The molecular formula is C18H22N2O3. The molecule has 0 unspecified atom stereocenters. The Bertz CT molecular complexity index is 633. The number of carbonyl (C=O) groups is 1. The third kappa shape index (κ3) is 4.20. The molecule has 0 spiro atoms. The van der Waals surface area contributed by atoms with Crippen molar-refractivity contribution in [3.63, 3.8) is 0 Å². The lowest BCUT2D eigenvalue weighted by Gasteiger charge is -2.24. The lowest BCUT2D eigenvalue weighted by atomic mass is 9.98. The van der Waals surface area contributed by atoms with E-state index < -0.39 is 0 Å². The van der Waals surface area contributed by atoms with Crippen LogP contribution in [0, 0.1) is 5.92 Å². The van der Waals surface area contributed by atoms with E-state index in [1.54, 1.807) is 4.90 Å². The summed E-state index contributed by atoms with van der Waals surface area (Å²) in [5.74, 6) is 1.20. The average molecular weight is 314 g/mol. The van der Waals surface area contributed by atoms with Gasteiger partial charge in [-0.05, 0) is 18.8 Å². The number of hydrogen-bond donors (Lipinski definition) is 0. The second kappa shape index (κ2) is 7.42. The Morgan fingerprint density at radius 3 is 2.91 bits per heavy atom. The van der Waals surface area contributed by atoms with Crippen molar-refractivity contribution in [1.82, 2.24) is 10.1 Å². The molecule has 3 rings (SSSR count). The normalized spacial score (nSPS) is 17.9. The number of nitrogens with zero attached hydrogens (tertiary/aromatic N) is 2. The van der Waals surface area contributed by atoms with Gasteiger partial charge < -0.3 is 14.2 Å². The minimum absolute atomic E-state index is 0.129. The molecule has 1 amide bonds. The van der Waals surface area contributed by atoms with Gasteiger partial charge >= 0.3 is 0 Å². The number of aromatic nitrogens is 1. The van der Waals surface area contributed by atoms with Crippen molar-refractivity contribution < 1.29 is 14.1 Å². The molecule has 2 heterocycles. The summed E-state index contributed by atoms with van der Waals surface area (Å²) in [6, 6.07) is 11.7. The van der Waals surface area contributed by atoms with Crippen LogP contribution in [0.15, 0.2) is 40.9 Å². The first-order valence-corrected chi connectivity index (χ1v) is 8.05. The molecule has 5 nitrogen and oxygen atoms in total. The molecule has 0 saturated carbocycles. The molecular weight excluding hydrogens is 292 g/mol. The Balaban J connectivity index is 1.56. The van der Waals surface area contributed by atoms with Gasteiger partial charge in [-0.3, -0.25) is 4.79 Å². The fraction of sp³-hybridized carbons (Fsp3) is 0.444. The summed E-state index contributed by atoms with van der Waals surface area (Å²) in [6.07, 6.45) is 2.66. The topological polar surface area (TPSA) is 55.6 Å². The molecule has 5 heteroatoms. The summed E-state index contributed by atoms with van der Waals surface area (Å²) in [5, 5.41) is 4.07. The summed E-state index contributed by atoms with van der Waals surface area (Å²) in [5.41, 5.74) is 1.75. The second-order valence-electron chi connectivity index (χ2n) is 6.09. The van der Waals surface area contributed by atoms with Crippen LogP contribution in [0.1, 0.15) is 25.0 Å². The van der Waals surface area contributed by atoms with Crippen LogP contribution in [-0.2, 0) is 16.1 Å². The van der Waals surface area contributed by atoms with Crippen LogP contribution >= 0.6 is 0 Å². The Morgan fingerprint density at radius 1 is 1.35 bits per heavy atom. The maximum absolute atomic E-state index is 12.3. The van der Waals surface area contributed by atoms with Crippen LogP contribution < -0.4 is 0 Å². The van der Waals surface area contributed by atoms with Gasteiger partial charge in [-0.2, -0.15) is 0 Å². The molecule has 1 aliphatic rings. The van der Waals surface area contributed by atoms with E-state index in [0.717, 1.165) is 36.5 Å². The fourth-order valence-electron chi connectivity index (χ4n) is 2.83. The first-order valence-electron chi connectivity index (χ1n) is 8.05. The first-order chi connectivity index (χ1) is 11.2. The number of benzene rings is 1. The van der Waals surface area contributed by atoms with Crippen LogP contribution in [-0.4, -0.2) is 36.2 Å². The van der Waals surface area contributed by atoms with E-state index in [2.05, 4.69) is 5.16 Å². The standard InChI is InChI=1S/C18H22N2O3/c1-20(18(21)10-14-6-5-9-22-13-14)12-16-11-17(23-19-16)15-7-3-2-4-8-15/h2-4,7-8,11,14H,5-6,9-10,12-13H2,1H3/t14-/m0/s1. The molecule has 0 aliphatic carbocycles. The van der Waals surface area contributed by atoms with Crippen LogP contribution in [0.2, 0.25) is 0 Å². The summed E-state index contributed by atoms with van der Waals surface area (Å²) in [7, 11) is 1.81. The maximum Gasteiger partial charge on any atom is 0.223 e. The largest absolute Gasteiger partial charge is 0.381 e. The first kappa shape index (κ1) is 15.7. The molecule has 0 bridgehead atoms. The zero-order chi connectivity index (χ0) is 16.1. The molecule has 1 aliphatic heterocycles. The minimum atomic E-state index is 0.129. The van der Waals surface area contributed by atoms with Gasteiger partial charge in [-0.25, -0.2) is 0 Å². The highest BCUT2D eigenvalue weighted by molar-refractivity contribution is 5.76. The van der Waals surface area contributed by atoms with E-state index in [1.807, 2.05) is 43.4 Å². The van der Waals surface area contributed by atoms with Crippen molar-refractivity contribution >= 4 is 5.91 Å². The lowest BCUT2D eigenvalue weighted by molar-refractivity contribution is -0.132. The van der Waals surface area contributed by atoms with E-state index in [0.29, 0.717) is 25.5 Å². The van der Waals surface area contributed by atoms with Crippen molar-refractivity contribution in [2.24, 2.45) is 5.92 Å². The number of carbonyl (C=O) groups excluding carboxylic acids is 1. The summed E-state index contributed by atoms with van der Waals surface area (Å²) < 4.78 is 10.8. The highest BCUT2D eigenvalue weighted by Crippen LogP contribution is 2.21. The van der Waals surface area contributed by atoms with E-state index in [-0.39, 0.29) is 5.91 Å². The van der Waals surface area contributed by atoms with E-state index in [1.165, 1.54) is 0 Å². The van der Waals surface area contributed by atoms with Crippen LogP contribution in [0.4, 0.5) is 0 Å². The van der Waals surface area contributed by atoms with Gasteiger partial charge in [0.05, 0.1) is 6.54 Å². The van der Waals surface area contributed by atoms with Crippen LogP contribution in [0.5, 0.6) is 0 Å². The van der Waals surface area contributed by atoms with Gasteiger partial charge in [0.15, 0.2) is 5.76 Å². The maximum atomic E-state index is 12.3.